The lowest BCUT2D eigenvalue weighted by Crippen LogP contribution is -2.16. The molecule has 0 atom stereocenters. The van der Waals surface area contributed by atoms with Gasteiger partial charge in [0.15, 0.2) is 5.82 Å². The molecule has 2 rings (SSSR count). The number of benzene rings is 1. The standard InChI is InChI=1S/C13H14FN3O3S/c14-12-5-2-7-16-13(12)21(18,19)17-10-3-1-4-11(9-10)20-8-6-15/h1-5,7,9,17H,6,8,15H2. The average Bonchev–Trinajstić information content (AvgIpc) is 2.45. The van der Waals surface area contributed by atoms with Crippen molar-refractivity contribution in [1.29, 1.82) is 0 Å². The summed E-state index contributed by atoms with van der Waals surface area (Å²) in [5.74, 6) is -0.456. The molecule has 1 heterocycles. The maximum atomic E-state index is 13.5. The zero-order chi connectivity index (χ0) is 15.3. The van der Waals surface area contributed by atoms with Crippen LogP contribution in [-0.2, 0) is 10.0 Å². The molecule has 2 aromatic rings. The molecule has 8 heteroatoms. The maximum Gasteiger partial charge on any atom is 0.282 e. The van der Waals surface area contributed by atoms with E-state index in [4.69, 9.17) is 10.5 Å². The molecule has 3 N–H and O–H groups in total. The van der Waals surface area contributed by atoms with Crippen molar-refractivity contribution >= 4 is 15.7 Å². The van der Waals surface area contributed by atoms with Crippen LogP contribution >= 0.6 is 0 Å². The van der Waals surface area contributed by atoms with E-state index in [1.54, 1.807) is 12.1 Å². The lowest BCUT2D eigenvalue weighted by molar-refractivity contribution is 0.328. The number of nitrogens with two attached hydrogens (primary N) is 1. The van der Waals surface area contributed by atoms with Gasteiger partial charge in [0.1, 0.15) is 12.4 Å². The van der Waals surface area contributed by atoms with Crippen molar-refractivity contribution in [3.63, 3.8) is 0 Å². The lowest BCUT2D eigenvalue weighted by Gasteiger charge is -2.10. The van der Waals surface area contributed by atoms with E-state index >= 15 is 0 Å². The molecule has 0 bridgehead atoms. The fraction of sp³-hybridized carbons (Fsp3) is 0.154. The number of hydrogen-bond acceptors (Lipinski definition) is 5. The van der Waals surface area contributed by atoms with E-state index in [1.165, 1.54) is 24.4 Å². The van der Waals surface area contributed by atoms with E-state index in [9.17, 15) is 12.8 Å². The van der Waals surface area contributed by atoms with Crippen molar-refractivity contribution in [3.8, 4) is 5.75 Å². The average molecular weight is 311 g/mol. The van der Waals surface area contributed by atoms with E-state index in [0.717, 1.165) is 6.07 Å². The molecule has 0 spiro atoms. The van der Waals surface area contributed by atoms with Gasteiger partial charge in [-0.25, -0.2) is 9.37 Å². The zero-order valence-corrected chi connectivity index (χ0v) is 11.8. The van der Waals surface area contributed by atoms with Gasteiger partial charge >= 0.3 is 0 Å². The Morgan fingerprint density at radius 2 is 2.10 bits per heavy atom. The number of pyridine rings is 1. The minimum atomic E-state index is -4.10. The second-order valence-corrected chi connectivity index (χ2v) is 5.66. The van der Waals surface area contributed by atoms with Gasteiger partial charge in [-0.2, -0.15) is 8.42 Å². The van der Waals surface area contributed by atoms with Gasteiger partial charge in [-0.3, -0.25) is 4.72 Å². The predicted octanol–water partition coefficient (Wildman–Crippen LogP) is 1.36. The molecule has 0 amide bonds. The van der Waals surface area contributed by atoms with E-state index in [2.05, 4.69) is 9.71 Å². The first-order valence-electron chi connectivity index (χ1n) is 6.09. The van der Waals surface area contributed by atoms with Gasteiger partial charge in [0.25, 0.3) is 10.0 Å². The van der Waals surface area contributed by atoms with Gasteiger partial charge in [-0.15, -0.1) is 0 Å². The molecule has 6 nitrogen and oxygen atoms in total. The molecule has 0 saturated carbocycles. The Morgan fingerprint density at radius 3 is 2.81 bits per heavy atom. The molecular formula is C13H14FN3O3S. The Kier molecular flexibility index (Phi) is 4.71. The molecule has 0 aliphatic heterocycles. The second-order valence-electron chi connectivity index (χ2n) is 4.06. The fourth-order valence-electron chi connectivity index (χ4n) is 1.60. The summed E-state index contributed by atoms with van der Waals surface area (Å²) >= 11 is 0. The number of aromatic nitrogens is 1. The Hall–Kier alpha value is -2.19. The monoisotopic (exact) mass is 311 g/mol. The summed E-state index contributed by atoms with van der Waals surface area (Å²) in [4.78, 5) is 3.54. The summed E-state index contributed by atoms with van der Waals surface area (Å²) in [5, 5.41) is -0.654. The number of ether oxygens (including phenoxy) is 1. The lowest BCUT2D eigenvalue weighted by atomic mass is 10.3. The number of anilines is 1. The van der Waals surface area contributed by atoms with Gasteiger partial charge in [-0.1, -0.05) is 6.07 Å². The Morgan fingerprint density at radius 1 is 1.29 bits per heavy atom. The number of rotatable bonds is 6. The number of nitrogens with zero attached hydrogens (tertiary/aromatic N) is 1. The molecule has 0 fully saturated rings. The normalized spacial score (nSPS) is 11.1. The third-order valence-electron chi connectivity index (χ3n) is 2.45. The Balaban J connectivity index is 2.23. The van der Waals surface area contributed by atoms with Crippen molar-refractivity contribution in [3.05, 3.63) is 48.4 Å². The number of sulfonamides is 1. The maximum absolute atomic E-state index is 13.5. The highest BCUT2D eigenvalue weighted by Gasteiger charge is 2.20. The third-order valence-corrected chi connectivity index (χ3v) is 3.77. The van der Waals surface area contributed by atoms with Crippen LogP contribution in [-0.4, -0.2) is 26.6 Å². The predicted molar refractivity (Wildman–Crippen MR) is 76.0 cm³/mol. The second kappa shape index (κ2) is 6.51. The van der Waals surface area contributed by atoms with Gasteiger partial charge in [0.2, 0.25) is 5.03 Å². The van der Waals surface area contributed by atoms with Crippen molar-refractivity contribution in [2.24, 2.45) is 5.73 Å². The molecule has 1 aromatic carbocycles. The van der Waals surface area contributed by atoms with Crippen molar-refractivity contribution in [2.45, 2.75) is 5.03 Å². The van der Waals surface area contributed by atoms with Crippen LogP contribution in [0, 0.1) is 5.82 Å². The smallest absolute Gasteiger partial charge is 0.282 e. The van der Waals surface area contributed by atoms with Crippen LogP contribution < -0.4 is 15.2 Å². The fourth-order valence-corrected chi connectivity index (χ4v) is 2.66. The van der Waals surface area contributed by atoms with Crippen LogP contribution in [0.4, 0.5) is 10.1 Å². The SMILES string of the molecule is NCCOc1cccc(NS(=O)(=O)c2ncccc2F)c1. The van der Waals surface area contributed by atoms with Crippen LogP contribution in [0.25, 0.3) is 0 Å². The quantitative estimate of drug-likeness (QED) is 0.840. The third kappa shape index (κ3) is 3.89. The first kappa shape index (κ1) is 15.2. The van der Waals surface area contributed by atoms with Crippen molar-refractivity contribution < 1.29 is 17.5 Å². The van der Waals surface area contributed by atoms with E-state index in [0.29, 0.717) is 18.9 Å². The molecule has 0 aliphatic rings. The van der Waals surface area contributed by atoms with Crippen molar-refractivity contribution in [1.82, 2.24) is 4.98 Å². The number of nitrogens with one attached hydrogen (secondary N) is 1. The molecule has 0 radical (unpaired) electrons. The van der Waals surface area contributed by atoms with Crippen LogP contribution in [0.3, 0.4) is 0 Å². The highest BCUT2D eigenvalue weighted by Crippen LogP contribution is 2.21. The van der Waals surface area contributed by atoms with Crippen LogP contribution in [0.15, 0.2) is 47.6 Å². The zero-order valence-electron chi connectivity index (χ0n) is 11.0. The molecule has 0 unspecified atom stereocenters. The summed E-state index contributed by atoms with van der Waals surface area (Å²) in [6.07, 6.45) is 1.21. The topological polar surface area (TPSA) is 94.3 Å². The minimum Gasteiger partial charge on any atom is -0.492 e. The largest absolute Gasteiger partial charge is 0.492 e. The van der Waals surface area contributed by atoms with Crippen molar-refractivity contribution in [2.75, 3.05) is 17.9 Å². The number of hydrogen-bond donors (Lipinski definition) is 2. The number of halogens is 1. The highest BCUT2D eigenvalue weighted by atomic mass is 32.2. The first-order valence-corrected chi connectivity index (χ1v) is 7.57. The van der Waals surface area contributed by atoms with E-state index in [-0.39, 0.29) is 5.69 Å². The minimum absolute atomic E-state index is 0.245. The summed E-state index contributed by atoms with van der Waals surface area (Å²) in [5.41, 5.74) is 5.57. The van der Waals surface area contributed by atoms with Gasteiger partial charge < -0.3 is 10.5 Å². The molecule has 0 saturated heterocycles. The summed E-state index contributed by atoms with van der Waals surface area (Å²) in [6.45, 7) is 0.653. The molecule has 1 aromatic heterocycles. The van der Waals surface area contributed by atoms with Crippen LogP contribution in [0.1, 0.15) is 0 Å². The molecular weight excluding hydrogens is 297 g/mol. The molecule has 21 heavy (non-hydrogen) atoms. The van der Waals surface area contributed by atoms with Gasteiger partial charge in [0.05, 0.1) is 5.69 Å². The van der Waals surface area contributed by atoms with E-state index < -0.39 is 20.9 Å². The highest BCUT2D eigenvalue weighted by molar-refractivity contribution is 7.92. The van der Waals surface area contributed by atoms with Crippen LogP contribution in [0.5, 0.6) is 5.75 Å². The Labute approximate surface area is 121 Å². The summed E-state index contributed by atoms with van der Waals surface area (Å²) in [6, 6.07) is 8.62. The van der Waals surface area contributed by atoms with E-state index in [1.807, 2.05) is 0 Å². The van der Waals surface area contributed by atoms with Gasteiger partial charge in [0, 0.05) is 18.8 Å². The molecule has 112 valence electrons. The first-order chi connectivity index (χ1) is 10.0. The molecule has 0 aliphatic carbocycles. The summed E-state index contributed by atoms with van der Waals surface area (Å²) < 4.78 is 45.2. The van der Waals surface area contributed by atoms with Crippen LogP contribution in [0.2, 0.25) is 0 Å². The summed E-state index contributed by atoms with van der Waals surface area (Å²) in [7, 11) is -4.10. The Bertz CT molecular complexity index is 722. The van der Waals surface area contributed by atoms with Gasteiger partial charge in [-0.05, 0) is 24.3 Å².